The lowest BCUT2D eigenvalue weighted by Crippen LogP contribution is -2.29. The summed E-state index contributed by atoms with van der Waals surface area (Å²) in [5, 5.41) is 6.09. The first-order chi connectivity index (χ1) is 7.36. The van der Waals surface area contributed by atoms with Crippen molar-refractivity contribution in [2.75, 3.05) is 19.6 Å². The van der Waals surface area contributed by atoms with Crippen LogP contribution in [0.1, 0.15) is 16.8 Å². The number of hydrogen-bond acceptors (Lipinski definition) is 3. The van der Waals surface area contributed by atoms with Crippen LogP contribution in [-0.2, 0) is 0 Å². The minimum atomic E-state index is -0.0804. The summed E-state index contributed by atoms with van der Waals surface area (Å²) in [6.45, 7) is 2.52. The first-order valence-corrected chi connectivity index (χ1v) is 5.05. The average molecular weight is 243 g/mol. The van der Waals surface area contributed by atoms with Crippen LogP contribution < -0.4 is 10.6 Å². The van der Waals surface area contributed by atoms with Crippen molar-refractivity contribution < 1.29 is 9.21 Å². The molecule has 1 aliphatic heterocycles. The van der Waals surface area contributed by atoms with Crippen LogP contribution in [0, 0.1) is 0 Å². The van der Waals surface area contributed by atoms with Crippen molar-refractivity contribution in [3.8, 4) is 0 Å². The summed E-state index contributed by atoms with van der Waals surface area (Å²) in [7, 11) is 0. The van der Waals surface area contributed by atoms with E-state index in [1.54, 1.807) is 6.07 Å². The molecule has 0 saturated heterocycles. The smallest absolute Gasteiger partial charge is 0.254 e. The first kappa shape index (κ1) is 12.8. The standard InChI is InChI=1S/C11H14N2O2.ClH/c14-11(10-3-6-15-8-10)13-7-9-1-4-12-5-2-9;/h1,3,6,8,12H,2,4-5,7H2,(H,13,14);1H. The Hall–Kier alpha value is -1.26. The molecule has 0 aliphatic carbocycles. The number of carbonyl (C=O) groups is 1. The lowest BCUT2D eigenvalue weighted by molar-refractivity contribution is 0.0956. The van der Waals surface area contributed by atoms with Gasteiger partial charge in [-0.2, -0.15) is 0 Å². The molecule has 0 radical (unpaired) electrons. The fourth-order valence-electron chi connectivity index (χ4n) is 1.52. The summed E-state index contributed by atoms with van der Waals surface area (Å²) in [5.41, 5.74) is 1.86. The van der Waals surface area contributed by atoms with E-state index in [-0.39, 0.29) is 18.3 Å². The van der Waals surface area contributed by atoms with E-state index in [9.17, 15) is 4.79 Å². The molecule has 5 heteroatoms. The minimum absolute atomic E-state index is 0. The van der Waals surface area contributed by atoms with Crippen molar-refractivity contribution in [1.82, 2.24) is 10.6 Å². The van der Waals surface area contributed by atoms with Crippen LogP contribution >= 0.6 is 12.4 Å². The van der Waals surface area contributed by atoms with Crippen molar-refractivity contribution in [3.05, 3.63) is 35.8 Å². The van der Waals surface area contributed by atoms with Crippen molar-refractivity contribution in [2.45, 2.75) is 6.42 Å². The fourth-order valence-corrected chi connectivity index (χ4v) is 1.52. The summed E-state index contributed by atoms with van der Waals surface area (Å²) in [5.74, 6) is -0.0804. The van der Waals surface area contributed by atoms with Crippen LogP contribution in [0.5, 0.6) is 0 Å². The summed E-state index contributed by atoms with van der Waals surface area (Å²) in [4.78, 5) is 11.5. The van der Waals surface area contributed by atoms with Crippen LogP contribution in [-0.4, -0.2) is 25.5 Å². The van der Waals surface area contributed by atoms with Crippen molar-refractivity contribution in [3.63, 3.8) is 0 Å². The molecule has 1 aromatic heterocycles. The number of halogens is 1. The van der Waals surface area contributed by atoms with Gasteiger partial charge in [0.1, 0.15) is 6.26 Å². The third-order valence-electron chi connectivity index (χ3n) is 2.42. The van der Waals surface area contributed by atoms with Gasteiger partial charge in [0.05, 0.1) is 11.8 Å². The van der Waals surface area contributed by atoms with Crippen LogP contribution in [0.4, 0.5) is 0 Å². The van der Waals surface area contributed by atoms with E-state index in [1.165, 1.54) is 18.1 Å². The van der Waals surface area contributed by atoms with Gasteiger partial charge in [0.25, 0.3) is 5.91 Å². The number of hydrogen-bond donors (Lipinski definition) is 2. The Kier molecular flexibility index (Phi) is 5.08. The van der Waals surface area contributed by atoms with E-state index >= 15 is 0 Å². The molecule has 1 aliphatic rings. The number of carbonyl (C=O) groups excluding carboxylic acids is 1. The Bertz CT molecular complexity index is 360. The molecule has 16 heavy (non-hydrogen) atoms. The summed E-state index contributed by atoms with van der Waals surface area (Å²) >= 11 is 0. The van der Waals surface area contributed by atoms with Gasteiger partial charge in [-0.1, -0.05) is 11.6 Å². The molecule has 0 unspecified atom stereocenters. The highest BCUT2D eigenvalue weighted by Gasteiger charge is 2.08. The molecular weight excluding hydrogens is 228 g/mol. The molecule has 0 spiro atoms. The highest BCUT2D eigenvalue weighted by atomic mass is 35.5. The summed E-state index contributed by atoms with van der Waals surface area (Å²) < 4.78 is 4.84. The quantitative estimate of drug-likeness (QED) is 0.787. The minimum Gasteiger partial charge on any atom is -0.472 e. The molecule has 0 bridgehead atoms. The van der Waals surface area contributed by atoms with Gasteiger partial charge in [-0.15, -0.1) is 12.4 Å². The van der Waals surface area contributed by atoms with Gasteiger partial charge in [0.2, 0.25) is 0 Å². The van der Waals surface area contributed by atoms with Crippen LogP contribution in [0.15, 0.2) is 34.7 Å². The topological polar surface area (TPSA) is 54.3 Å². The Morgan fingerprint density at radius 2 is 2.44 bits per heavy atom. The Morgan fingerprint density at radius 3 is 3.06 bits per heavy atom. The maximum atomic E-state index is 11.5. The molecule has 2 heterocycles. The maximum Gasteiger partial charge on any atom is 0.254 e. The predicted octanol–water partition coefficient (Wildman–Crippen LogP) is 1.35. The zero-order chi connectivity index (χ0) is 10.5. The number of rotatable bonds is 3. The van der Waals surface area contributed by atoms with E-state index in [4.69, 9.17) is 4.42 Å². The van der Waals surface area contributed by atoms with Crippen molar-refractivity contribution in [1.29, 1.82) is 0 Å². The van der Waals surface area contributed by atoms with E-state index in [0.29, 0.717) is 12.1 Å². The third-order valence-corrected chi connectivity index (χ3v) is 2.42. The molecule has 0 atom stereocenters. The second-order valence-electron chi connectivity index (χ2n) is 3.51. The molecule has 1 amide bonds. The summed E-state index contributed by atoms with van der Waals surface area (Å²) in [6.07, 6.45) is 6.08. The SMILES string of the molecule is Cl.O=C(NCC1=CCNCC1)c1ccoc1. The van der Waals surface area contributed by atoms with E-state index in [2.05, 4.69) is 16.7 Å². The van der Waals surface area contributed by atoms with Gasteiger partial charge < -0.3 is 15.1 Å². The fraction of sp³-hybridized carbons (Fsp3) is 0.364. The Morgan fingerprint density at radius 1 is 1.56 bits per heavy atom. The average Bonchev–Trinajstić information content (AvgIpc) is 2.81. The Balaban J connectivity index is 0.00000128. The highest BCUT2D eigenvalue weighted by Crippen LogP contribution is 2.04. The van der Waals surface area contributed by atoms with E-state index in [0.717, 1.165) is 19.5 Å². The van der Waals surface area contributed by atoms with Crippen molar-refractivity contribution in [2.24, 2.45) is 0 Å². The largest absolute Gasteiger partial charge is 0.472 e. The van der Waals surface area contributed by atoms with Gasteiger partial charge >= 0.3 is 0 Å². The third kappa shape index (κ3) is 3.40. The monoisotopic (exact) mass is 242 g/mol. The van der Waals surface area contributed by atoms with Gasteiger partial charge in [-0.25, -0.2) is 0 Å². The second kappa shape index (κ2) is 6.35. The molecule has 0 saturated carbocycles. The van der Waals surface area contributed by atoms with Gasteiger partial charge in [0, 0.05) is 13.1 Å². The highest BCUT2D eigenvalue weighted by molar-refractivity contribution is 5.93. The molecule has 4 nitrogen and oxygen atoms in total. The van der Waals surface area contributed by atoms with Crippen LogP contribution in [0.3, 0.4) is 0 Å². The molecule has 2 rings (SSSR count). The van der Waals surface area contributed by atoms with E-state index in [1.807, 2.05) is 0 Å². The molecular formula is C11H15ClN2O2. The molecule has 0 fully saturated rings. The predicted molar refractivity (Wildman–Crippen MR) is 63.9 cm³/mol. The van der Waals surface area contributed by atoms with Gasteiger partial charge in [0.15, 0.2) is 0 Å². The lowest BCUT2D eigenvalue weighted by atomic mass is 10.1. The number of nitrogens with one attached hydrogen (secondary N) is 2. The Labute approximate surface area is 100 Å². The normalized spacial score (nSPS) is 14.9. The summed E-state index contributed by atoms with van der Waals surface area (Å²) in [6, 6.07) is 1.66. The molecule has 0 aromatic carbocycles. The molecule has 88 valence electrons. The number of furan rings is 1. The molecule has 2 N–H and O–H groups in total. The van der Waals surface area contributed by atoms with E-state index < -0.39 is 0 Å². The lowest BCUT2D eigenvalue weighted by Gasteiger charge is -2.14. The second-order valence-corrected chi connectivity index (χ2v) is 3.51. The van der Waals surface area contributed by atoms with Gasteiger partial charge in [-0.3, -0.25) is 4.79 Å². The van der Waals surface area contributed by atoms with Crippen molar-refractivity contribution >= 4 is 18.3 Å². The zero-order valence-corrected chi connectivity index (χ0v) is 9.68. The van der Waals surface area contributed by atoms with Crippen LogP contribution in [0.25, 0.3) is 0 Å². The zero-order valence-electron chi connectivity index (χ0n) is 8.86. The first-order valence-electron chi connectivity index (χ1n) is 5.05. The van der Waals surface area contributed by atoms with Crippen LogP contribution in [0.2, 0.25) is 0 Å². The van der Waals surface area contributed by atoms with Gasteiger partial charge in [-0.05, 0) is 19.0 Å². The maximum absolute atomic E-state index is 11.5. The molecule has 1 aromatic rings. The number of amides is 1.